The van der Waals surface area contributed by atoms with Crippen molar-refractivity contribution >= 4 is 11.8 Å². The fraction of sp³-hybridized carbons (Fsp3) is 0.875. The van der Waals surface area contributed by atoms with Crippen LogP contribution >= 0.6 is 0 Å². The number of hydrogen-bond acceptors (Lipinski definition) is 3. The summed E-state index contributed by atoms with van der Waals surface area (Å²) >= 11 is 0. The van der Waals surface area contributed by atoms with Crippen LogP contribution in [-0.2, 0) is 9.59 Å². The van der Waals surface area contributed by atoms with Gasteiger partial charge in [-0.1, -0.05) is 19.3 Å². The van der Waals surface area contributed by atoms with Crippen LogP contribution in [0.25, 0.3) is 0 Å². The number of aliphatic hydroxyl groups excluding tert-OH is 1. The predicted octanol–water partition coefficient (Wildman–Crippen LogP) is 1.49. The van der Waals surface area contributed by atoms with Gasteiger partial charge in [-0.2, -0.15) is 0 Å². The molecule has 0 aromatic heterocycles. The first-order valence-electron chi connectivity index (χ1n) is 8.37. The molecule has 0 bridgehead atoms. The molecular weight excluding hydrogens is 268 g/mol. The van der Waals surface area contributed by atoms with Crippen molar-refractivity contribution in [2.75, 3.05) is 6.54 Å². The van der Waals surface area contributed by atoms with Crippen molar-refractivity contribution in [2.45, 2.75) is 76.4 Å². The molecule has 2 amide bonds. The van der Waals surface area contributed by atoms with E-state index in [1.165, 1.54) is 12.8 Å². The van der Waals surface area contributed by atoms with Crippen molar-refractivity contribution in [3.63, 3.8) is 0 Å². The molecule has 2 aliphatic carbocycles. The molecule has 5 nitrogen and oxygen atoms in total. The number of nitrogens with one attached hydrogen (secondary N) is 2. The van der Waals surface area contributed by atoms with Crippen LogP contribution in [0.4, 0.5) is 0 Å². The van der Waals surface area contributed by atoms with Gasteiger partial charge >= 0.3 is 0 Å². The quantitative estimate of drug-likeness (QED) is 0.695. The van der Waals surface area contributed by atoms with Crippen LogP contribution < -0.4 is 10.6 Å². The molecule has 0 spiro atoms. The van der Waals surface area contributed by atoms with E-state index in [1.54, 1.807) is 0 Å². The average molecular weight is 296 g/mol. The molecule has 2 atom stereocenters. The molecule has 2 fully saturated rings. The Labute approximate surface area is 126 Å². The first-order valence-corrected chi connectivity index (χ1v) is 8.37. The third kappa shape index (κ3) is 6.04. The lowest BCUT2D eigenvalue weighted by atomic mass is 9.87. The van der Waals surface area contributed by atoms with Crippen LogP contribution in [0.15, 0.2) is 0 Å². The van der Waals surface area contributed by atoms with Crippen molar-refractivity contribution in [1.82, 2.24) is 10.6 Å². The molecule has 3 N–H and O–H groups in total. The molecule has 2 aliphatic rings. The minimum absolute atomic E-state index is 0.00913. The molecular formula is C16H28N2O3. The van der Waals surface area contributed by atoms with Gasteiger partial charge in [0.05, 0.1) is 6.10 Å². The highest BCUT2D eigenvalue weighted by Gasteiger charge is 2.21. The molecule has 5 heteroatoms. The van der Waals surface area contributed by atoms with Gasteiger partial charge in [0.25, 0.3) is 0 Å². The lowest BCUT2D eigenvalue weighted by Gasteiger charge is -2.25. The Kier molecular flexibility index (Phi) is 6.49. The van der Waals surface area contributed by atoms with Gasteiger partial charge in [0, 0.05) is 25.4 Å². The number of carbonyl (C=O) groups is 2. The molecule has 0 radical (unpaired) electrons. The van der Waals surface area contributed by atoms with Gasteiger partial charge in [-0.15, -0.1) is 0 Å². The third-order valence-corrected chi connectivity index (χ3v) is 4.64. The summed E-state index contributed by atoms with van der Waals surface area (Å²) in [6.45, 7) is 0.625. The second-order valence-corrected chi connectivity index (χ2v) is 6.54. The Bertz CT molecular complexity index is 353. The summed E-state index contributed by atoms with van der Waals surface area (Å²) in [6, 6.07) is 0.323. The summed E-state index contributed by atoms with van der Waals surface area (Å²) in [7, 11) is 0. The van der Waals surface area contributed by atoms with Crippen molar-refractivity contribution < 1.29 is 14.7 Å². The predicted molar refractivity (Wildman–Crippen MR) is 80.6 cm³/mol. The maximum absolute atomic E-state index is 11.8. The third-order valence-electron chi connectivity index (χ3n) is 4.64. The summed E-state index contributed by atoms with van der Waals surface area (Å²) < 4.78 is 0. The zero-order valence-corrected chi connectivity index (χ0v) is 12.8. The van der Waals surface area contributed by atoms with Gasteiger partial charge in [0.2, 0.25) is 11.8 Å². The highest BCUT2D eigenvalue weighted by molar-refractivity contribution is 5.83. The lowest BCUT2D eigenvalue weighted by molar-refractivity contribution is -0.126. The molecule has 2 saturated carbocycles. The van der Waals surface area contributed by atoms with Crippen LogP contribution in [0, 0.1) is 5.92 Å². The first-order chi connectivity index (χ1) is 10.1. The summed E-state index contributed by atoms with van der Waals surface area (Å²) in [5.74, 6) is 0.312. The van der Waals surface area contributed by atoms with E-state index in [0.29, 0.717) is 18.5 Å². The fourth-order valence-corrected chi connectivity index (χ4v) is 3.39. The monoisotopic (exact) mass is 296 g/mol. The highest BCUT2D eigenvalue weighted by atomic mass is 16.3. The second kappa shape index (κ2) is 8.37. The Hall–Kier alpha value is -1.10. The topological polar surface area (TPSA) is 78.4 Å². The maximum Gasteiger partial charge on any atom is 0.220 e. The van der Waals surface area contributed by atoms with Gasteiger partial charge < -0.3 is 15.7 Å². The number of aliphatic hydroxyl groups is 1. The molecule has 0 aliphatic heterocycles. The van der Waals surface area contributed by atoms with Gasteiger partial charge in [0.1, 0.15) is 0 Å². The van der Waals surface area contributed by atoms with E-state index < -0.39 is 0 Å². The van der Waals surface area contributed by atoms with Gasteiger partial charge in [-0.25, -0.2) is 0 Å². The summed E-state index contributed by atoms with van der Waals surface area (Å²) in [5, 5.41) is 15.5. The average Bonchev–Trinajstić information content (AvgIpc) is 2.96. The number of rotatable bonds is 6. The molecule has 2 rings (SSSR count). The maximum atomic E-state index is 11.8. The zero-order chi connectivity index (χ0) is 15.1. The SMILES string of the molecule is O=C(CCC(=O)NC1CCCC1)NCC1CCCC(O)C1. The Balaban J connectivity index is 1.55. The first kappa shape index (κ1) is 16.3. The number of hydrogen-bond donors (Lipinski definition) is 3. The van der Waals surface area contributed by atoms with Crippen LogP contribution in [-0.4, -0.2) is 35.6 Å². The van der Waals surface area contributed by atoms with Crippen molar-refractivity contribution in [1.29, 1.82) is 0 Å². The van der Waals surface area contributed by atoms with Crippen LogP contribution in [0.3, 0.4) is 0 Å². The Morgan fingerprint density at radius 2 is 1.67 bits per heavy atom. The lowest BCUT2D eigenvalue weighted by Crippen LogP contribution is -2.35. The minimum atomic E-state index is -0.210. The molecule has 0 aromatic rings. The standard InChI is InChI=1S/C16H28N2O3/c19-14-7-3-4-12(10-14)11-17-15(20)8-9-16(21)18-13-5-1-2-6-13/h12-14,19H,1-11H2,(H,17,20)(H,18,21). The number of amides is 2. The van der Waals surface area contributed by atoms with E-state index in [-0.39, 0.29) is 30.8 Å². The zero-order valence-electron chi connectivity index (χ0n) is 12.8. The molecule has 0 saturated heterocycles. The molecule has 21 heavy (non-hydrogen) atoms. The van der Waals surface area contributed by atoms with Crippen LogP contribution in [0.1, 0.15) is 64.2 Å². The Morgan fingerprint density at radius 1 is 0.952 bits per heavy atom. The van der Waals surface area contributed by atoms with Crippen molar-refractivity contribution in [2.24, 2.45) is 5.92 Å². The van der Waals surface area contributed by atoms with E-state index in [1.807, 2.05) is 0 Å². The van der Waals surface area contributed by atoms with E-state index >= 15 is 0 Å². The van der Waals surface area contributed by atoms with Gasteiger partial charge in [-0.05, 0) is 38.0 Å². The van der Waals surface area contributed by atoms with E-state index in [4.69, 9.17) is 0 Å². The Morgan fingerprint density at radius 3 is 2.38 bits per heavy atom. The summed E-state index contributed by atoms with van der Waals surface area (Å²) in [4.78, 5) is 23.5. The second-order valence-electron chi connectivity index (χ2n) is 6.54. The van der Waals surface area contributed by atoms with E-state index in [0.717, 1.165) is 38.5 Å². The fourth-order valence-electron chi connectivity index (χ4n) is 3.39. The van der Waals surface area contributed by atoms with Gasteiger partial charge in [-0.3, -0.25) is 9.59 Å². The largest absolute Gasteiger partial charge is 0.393 e. The van der Waals surface area contributed by atoms with Crippen LogP contribution in [0.2, 0.25) is 0 Å². The van der Waals surface area contributed by atoms with Crippen molar-refractivity contribution in [3.05, 3.63) is 0 Å². The highest BCUT2D eigenvalue weighted by Crippen LogP contribution is 2.23. The summed E-state index contributed by atoms with van der Waals surface area (Å²) in [5.41, 5.74) is 0. The summed E-state index contributed by atoms with van der Waals surface area (Å²) in [6.07, 6.45) is 8.61. The molecule has 0 heterocycles. The van der Waals surface area contributed by atoms with Gasteiger partial charge in [0.15, 0.2) is 0 Å². The smallest absolute Gasteiger partial charge is 0.220 e. The van der Waals surface area contributed by atoms with Crippen LogP contribution in [0.5, 0.6) is 0 Å². The van der Waals surface area contributed by atoms with Crippen molar-refractivity contribution in [3.8, 4) is 0 Å². The normalized spacial score (nSPS) is 26.5. The molecule has 0 aromatic carbocycles. The number of carbonyl (C=O) groups excluding carboxylic acids is 2. The molecule has 120 valence electrons. The minimum Gasteiger partial charge on any atom is -0.393 e. The molecule has 2 unspecified atom stereocenters. The van der Waals surface area contributed by atoms with E-state index in [9.17, 15) is 14.7 Å². The van der Waals surface area contributed by atoms with E-state index in [2.05, 4.69) is 10.6 Å².